The first-order valence-electron chi connectivity index (χ1n) is 12.8. The average molecular weight is 583 g/mol. The Morgan fingerprint density at radius 1 is 0.902 bits per heavy atom. The van der Waals surface area contributed by atoms with Crippen LogP contribution in [0.15, 0.2) is 60.9 Å². The number of piperazine rings is 1. The lowest BCUT2D eigenvalue weighted by Gasteiger charge is -2.36. The predicted octanol–water partition coefficient (Wildman–Crippen LogP) is 5.66. The second-order valence-electron chi connectivity index (χ2n) is 9.36. The van der Waals surface area contributed by atoms with E-state index in [9.17, 15) is 31.1 Å². The van der Waals surface area contributed by atoms with E-state index >= 15 is 0 Å². The number of pyridine rings is 1. The topological polar surface area (TPSA) is 66.9 Å². The maximum atomic E-state index is 13.1. The smallest absolute Gasteiger partial charge is 0.492 e. The van der Waals surface area contributed by atoms with Crippen LogP contribution >= 0.6 is 0 Å². The van der Waals surface area contributed by atoms with Crippen molar-refractivity contribution in [2.45, 2.75) is 26.0 Å². The van der Waals surface area contributed by atoms with E-state index in [0.29, 0.717) is 61.8 Å². The minimum atomic E-state index is -4.85. The SMILES string of the molecule is CCOc1cncc(-c2cc(CN3CCN(c4ccc(C(=O)NCC(F)(F)F)cc4)CC3)cc(OC(F)(F)F)c2)c1. The second kappa shape index (κ2) is 12.7. The van der Waals surface area contributed by atoms with E-state index in [2.05, 4.69) is 19.5 Å². The van der Waals surface area contributed by atoms with E-state index in [1.165, 1.54) is 30.5 Å². The summed E-state index contributed by atoms with van der Waals surface area (Å²) in [6.07, 6.45) is -6.26. The number of aromatic nitrogens is 1. The number of amides is 1. The van der Waals surface area contributed by atoms with Gasteiger partial charge in [0, 0.05) is 55.7 Å². The highest BCUT2D eigenvalue weighted by Gasteiger charge is 2.31. The number of benzene rings is 2. The normalized spacial score (nSPS) is 14.6. The lowest BCUT2D eigenvalue weighted by Crippen LogP contribution is -2.46. The van der Waals surface area contributed by atoms with Gasteiger partial charge in [-0.05, 0) is 66.6 Å². The summed E-state index contributed by atoms with van der Waals surface area (Å²) in [5, 5.41) is 1.84. The standard InChI is InChI=1S/C28H28F6N4O3/c1-2-40-25-14-22(15-35-16-25)21-11-19(12-24(13-21)41-28(32,33)34)17-37-7-9-38(10-8-37)23-5-3-20(4-6-23)26(39)36-18-27(29,30)31/h3-6,11-16H,2,7-10,17-18H2,1H3,(H,36,39). The van der Waals surface area contributed by atoms with Gasteiger partial charge in [-0.3, -0.25) is 14.7 Å². The van der Waals surface area contributed by atoms with Gasteiger partial charge < -0.3 is 19.7 Å². The van der Waals surface area contributed by atoms with E-state index in [1.807, 2.05) is 12.2 Å². The van der Waals surface area contributed by atoms with Gasteiger partial charge in [-0.1, -0.05) is 0 Å². The highest BCUT2D eigenvalue weighted by molar-refractivity contribution is 5.94. The second-order valence-corrected chi connectivity index (χ2v) is 9.36. The first kappa shape index (κ1) is 30.0. The molecule has 1 N–H and O–H groups in total. The molecule has 1 amide bonds. The van der Waals surface area contributed by atoms with Crippen molar-refractivity contribution in [3.63, 3.8) is 0 Å². The van der Waals surface area contributed by atoms with Crippen LogP contribution < -0.4 is 19.7 Å². The third kappa shape index (κ3) is 9.00. The van der Waals surface area contributed by atoms with Gasteiger partial charge in [0.1, 0.15) is 18.0 Å². The zero-order chi connectivity index (χ0) is 29.6. The molecule has 1 aromatic heterocycles. The number of hydrogen-bond acceptors (Lipinski definition) is 6. The number of rotatable bonds is 9. The van der Waals surface area contributed by atoms with Gasteiger partial charge in [-0.25, -0.2) is 0 Å². The molecule has 1 fully saturated rings. The third-order valence-corrected chi connectivity index (χ3v) is 6.28. The molecule has 1 aliphatic rings. The van der Waals surface area contributed by atoms with Crippen molar-refractivity contribution in [3.05, 3.63) is 72.1 Å². The monoisotopic (exact) mass is 582 g/mol. The van der Waals surface area contributed by atoms with Crippen LogP contribution in [0.2, 0.25) is 0 Å². The molecule has 3 aromatic rings. The lowest BCUT2D eigenvalue weighted by atomic mass is 10.0. The summed E-state index contributed by atoms with van der Waals surface area (Å²) in [6.45, 7) is 3.63. The maximum Gasteiger partial charge on any atom is 0.573 e. The van der Waals surface area contributed by atoms with Crippen molar-refractivity contribution in [2.24, 2.45) is 0 Å². The van der Waals surface area contributed by atoms with Gasteiger partial charge in [0.05, 0.1) is 12.8 Å². The summed E-state index contributed by atoms with van der Waals surface area (Å²) in [4.78, 5) is 20.2. The number of anilines is 1. The Balaban J connectivity index is 1.41. The molecule has 0 atom stereocenters. The Morgan fingerprint density at radius 3 is 2.22 bits per heavy atom. The molecule has 7 nitrogen and oxygen atoms in total. The van der Waals surface area contributed by atoms with E-state index < -0.39 is 25.0 Å². The van der Waals surface area contributed by atoms with Crippen LogP contribution in [0.5, 0.6) is 11.5 Å². The lowest BCUT2D eigenvalue weighted by molar-refractivity contribution is -0.274. The average Bonchev–Trinajstić information content (AvgIpc) is 2.91. The number of nitrogens with one attached hydrogen (secondary N) is 1. The molecule has 0 unspecified atom stereocenters. The Hall–Kier alpha value is -4.00. The molecule has 13 heteroatoms. The molecular weight excluding hydrogens is 554 g/mol. The molecule has 0 bridgehead atoms. The van der Waals surface area contributed by atoms with Crippen LogP contribution in [0, 0.1) is 0 Å². The van der Waals surface area contributed by atoms with Crippen LogP contribution in [-0.4, -0.2) is 67.7 Å². The molecule has 0 aliphatic carbocycles. The largest absolute Gasteiger partial charge is 0.573 e. The Labute approximate surface area is 232 Å². The summed E-state index contributed by atoms with van der Waals surface area (Å²) < 4.78 is 85.9. The fourth-order valence-electron chi connectivity index (χ4n) is 4.46. The summed E-state index contributed by atoms with van der Waals surface area (Å²) in [7, 11) is 0. The number of ether oxygens (including phenoxy) is 2. The highest BCUT2D eigenvalue weighted by Crippen LogP contribution is 2.32. The number of carbonyl (C=O) groups excluding carboxylic acids is 1. The van der Waals surface area contributed by atoms with Crippen molar-refractivity contribution >= 4 is 11.6 Å². The Bertz CT molecular complexity index is 1320. The van der Waals surface area contributed by atoms with E-state index in [1.54, 1.807) is 30.5 Å². The van der Waals surface area contributed by atoms with E-state index in [4.69, 9.17) is 4.74 Å². The van der Waals surface area contributed by atoms with Crippen molar-refractivity contribution in [3.8, 4) is 22.6 Å². The van der Waals surface area contributed by atoms with Gasteiger partial charge in [-0.15, -0.1) is 13.2 Å². The minimum absolute atomic E-state index is 0.121. The zero-order valence-electron chi connectivity index (χ0n) is 22.1. The molecule has 41 heavy (non-hydrogen) atoms. The molecular formula is C28H28F6N4O3. The first-order chi connectivity index (χ1) is 19.4. The predicted molar refractivity (Wildman–Crippen MR) is 140 cm³/mol. The molecule has 1 saturated heterocycles. The summed E-state index contributed by atoms with van der Waals surface area (Å²) in [6, 6.07) is 12.5. The van der Waals surface area contributed by atoms with Crippen LogP contribution in [0.4, 0.5) is 32.0 Å². The number of halogens is 6. The zero-order valence-corrected chi connectivity index (χ0v) is 22.1. The van der Waals surface area contributed by atoms with Crippen molar-refractivity contribution in [1.82, 2.24) is 15.2 Å². The Kier molecular flexibility index (Phi) is 9.26. The Morgan fingerprint density at radius 2 is 1.59 bits per heavy atom. The minimum Gasteiger partial charge on any atom is -0.492 e. The van der Waals surface area contributed by atoms with Crippen molar-refractivity contribution in [1.29, 1.82) is 0 Å². The summed E-state index contributed by atoms with van der Waals surface area (Å²) in [5.74, 6) is -0.639. The van der Waals surface area contributed by atoms with Crippen LogP contribution in [0.3, 0.4) is 0 Å². The molecule has 2 heterocycles. The fourth-order valence-corrected chi connectivity index (χ4v) is 4.46. The number of hydrogen-bond donors (Lipinski definition) is 1. The van der Waals surface area contributed by atoms with Crippen LogP contribution in [0.25, 0.3) is 11.1 Å². The van der Waals surface area contributed by atoms with Gasteiger partial charge in [0.2, 0.25) is 0 Å². The first-order valence-corrected chi connectivity index (χ1v) is 12.8. The van der Waals surface area contributed by atoms with Crippen molar-refractivity contribution in [2.75, 3.05) is 44.2 Å². The molecule has 0 saturated carbocycles. The molecule has 220 valence electrons. The van der Waals surface area contributed by atoms with E-state index in [0.717, 1.165) is 5.69 Å². The summed E-state index contributed by atoms with van der Waals surface area (Å²) in [5.41, 5.74) is 2.65. The quantitative estimate of drug-likeness (QED) is 0.329. The van der Waals surface area contributed by atoms with Gasteiger partial charge in [0.25, 0.3) is 5.91 Å². The van der Waals surface area contributed by atoms with Gasteiger partial charge in [-0.2, -0.15) is 13.2 Å². The fraction of sp³-hybridized carbons (Fsp3) is 0.357. The maximum absolute atomic E-state index is 13.1. The van der Waals surface area contributed by atoms with Crippen LogP contribution in [0.1, 0.15) is 22.8 Å². The highest BCUT2D eigenvalue weighted by atomic mass is 19.4. The third-order valence-electron chi connectivity index (χ3n) is 6.28. The van der Waals surface area contributed by atoms with Crippen LogP contribution in [-0.2, 0) is 6.54 Å². The molecule has 0 spiro atoms. The molecule has 2 aromatic carbocycles. The van der Waals surface area contributed by atoms with Crippen molar-refractivity contribution < 1.29 is 40.6 Å². The summed E-state index contributed by atoms with van der Waals surface area (Å²) >= 11 is 0. The van der Waals surface area contributed by atoms with Gasteiger partial charge in [0.15, 0.2) is 0 Å². The van der Waals surface area contributed by atoms with E-state index in [-0.39, 0.29) is 11.3 Å². The molecule has 0 radical (unpaired) electrons. The molecule has 4 rings (SSSR count). The van der Waals surface area contributed by atoms with Gasteiger partial charge >= 0.3 is 12.5 Å². The molecule has 1 aliphatic heterocycles. The number of alkyl halides is 6. The number of carbonyl (C=O) groups is 1. The number of nitrogens with zero attached hydrogens (tertiary/aromatic N) is 3.